The van der Waals surface area contributed by atoms with Crippen LogP contribution in [-0.4, -0.2) is 133 Å². The number of hydrogen-bond acceptors (Lipinski definition) is 9. The fourth-order valence-electron chi connectivity index (χ4n) is 11.1. The van der Waals surface area contributed by atoms with Crippen LogP contribution in [0, 0.1) is 23.7 Å². The van der Waals surface area contributed by atoms with Gasteiger partial charge in [-0.15, -0.1) is 0 Å². The summed E-state index contributed by atoms with van der Waals surface area (Å²) in [6.07, 6.45) is 6.47. The number of hydrogen-bond donors (Lipinski definition) is 3. The first-order valence-corrected chi connectivity index (χ1v) is 21.6. The van der Waals surface area contributed by atoms with Gasteiger partial charge in [0.05, 0.1) is 31.2 Å². The Bertz CT molecular complexity index is 1940. The molecule has 6 aliphatic rings. The first kappa shape index (κ1) is 40.3. The van der Waals surface area contributed by atoms with Gasteiger partial charge in [-0.25, -0.2) is 9.48 Å². The Morgan fingerprint density at radius 1 is 0.810 bits per heavy atom. The van der Waals surface area contributed by atoms with E-state index >= 15 is 0 Å². The van der Waals surface area contributed by atoms with Gasteiger partial charge in [0.25, 0.3) is 11.8 Å². The van der Waals surface area contributed by atoms with Gasteiger partial charge in [-0.3, -0.25) is 9.59 Å². The molecule has 6 bridgehead atoms. The van der Waals surface area contributed by atoms with Crippen LogP contribution in [-0.2, 0) is 4.79 Å². The molecule has 0 spiro atoms. The number of fused-ring (bicyclic) bond motifs is 3. The number of aliphatic carboxylic acids is 1. The second-order valence-corrected chi connectivity index (χ2v) is 17.7. The van der Waals surface area contributed by atoms with Gasteiger partial charge in [0, 0.05) is 51.4 Å². The summed E-state index contributed by atoms with van der Waals surface area (Å²) in [4.78, 5) is 49.2. The summed E-state index contributed by atoms with van der Waals surface area (Å²) in [6.45, 7) is 13.4. The predicted octanol–water partition coefficient (Wildman–Crippen LogP) is 5.13. The fourth-order valence-corrected chi connectivity index (χ4v) is 11.1. The number of methoxy groups -OCH3 is 2. The number of benzene rings is 2. The Labute approximate surface area is 342 Å². The molecule has 13 nitrogen and oxygen atoms in total. The summed E-state index contributed by atoms with van der Waals surface area (Å²) in [5, 5.41) is 22.5. The standard InChI is InChI=1S/C45H61N7O6/c1-29(2)35-27-32(43(54)51-16-7-15-49-17-13-46-12-6-14-50(19-18-49)20-21-51)10-11-37(35)52-38(41-39(57-3)8-5-9-40(41)58-4)28-36(48-52)42(53)47-45(44(55)56)33-23-30-22-31(25-33)26-34(45)24-30/h5,8-11,27-31,33-34,46H,6-7,12-26H2,1-4H3,(H,47,53)(H,55,56). The molecule has 2 amide bonds. The molecule has 4 aliphatic carbocycles. The van der Waals surface area contributed by atoms with Crippen molar-refractivity contribution in [3.63, 3.8) is 0 Å². The second kappa shape index (κ2) is 17.0. The third-order valence-corrected chi connectivity index (χ3v) is 13.9. The van der Waals surface area contributed by atoms with Gasteiger partial charge in [-0.2, -0.15) is 5.10 Å². The molecule has 312 valence electrons. The molecule has 3 heterocycles. The monoisotopic (exact) mass is 795 g/mol. The first-order chi connectivity index (χ1) is 28.1. The molecule has 13 heteroatoms. The maximum atomic E-state index is 14.5. The summed E-state index contributed by atoms with van der Waals surface area (Å²) < 4.78 is 13.4. The lowest BCUT2D eigenvalue weighted by Crippen LogP contribution is -2.70. The van der Waals surface area contributed by atoms with Gasteiger partial charge in [0.2, 0.25) is 0 Å². The zero-order valence-electron chi connectivity index (χ0n) is 34.7. The van der Waals surface area contributed by atoms with Gasteiger partial charge in [0.15, 0.2) is 5.69 Å². The van der Waals surface area contributed by atoms with Crippen LogP contribution in [0.1, 0.15) is 91.1 Å². The molecule has 0 radical (unpaired) electrons. The Hall–Kier alpha value is -4.46. The summed E-state index contributed by atoms with van der Waals surface area (Å²) in [5.74, 6) is 0.454. The van der Waals surface area contributed by atoms with Crippen molar-refractivity contribution in [2.75, 3.05) is 79.7 Å². The Morgan fingerprint density at radius 2 is 1.47 bits per heavy atom. The highest BCUT2D eigenvalue weighted by Gasteiger charge is 2.62. The number of rotatable bonds is 9. The minimum absolute atomic E-state index is 0.0103. The summed E-state index contributed by atoms with van der Waals surface area (Å²) in [7, 11) is 3.18. The molecule has 3 aromatic rings. The molecule has 58 heavy (non-hydrogen) atoms. The lowest BCUT2D eigenvalue weighted by atomic mass is 9.48. The highest BCUT2D eigenvalue weighted by atomic mass is 16.5. The van der Waals surface area contributed by atoms with Crippen molar-refractivity contribution in [3.8, 4) is 28.4 Å². The minimum Gasteiger partial charge on any atom is -0.496 e. The van der Waals surface area contributed by atoms with Gasteiger partial charge >= 0.3 is 5.97 Å². The maximum absolute atomic E-state index is 14.5. The summed E-state index contributed by atoms with van der Waals surface area (Å²) in [5.41, 5.74) is 2.16. The van der Waals surface area contributed by atoms with Crippen LogP contribution >= 0.6 is 0 Å². The number of nitrogens with one attached hydrogen (secondary N) is 2. The molecular weight excluding hydrogens is 735 g/mol. The Morgan fingerprint density at radius 3 is 2.12 bits per heavy atom. The van der Waals surface area contributed by atoms with E-state index in [0.717, 1.165) is 96.4 Å². The summed E-state index contributed by atoms with van der Waals surface area (Å²) in [6, 6.07) is 13.0. The van der Waals surface area contributed by atoms with E-state index in [0.29, 0.717) is 58.9 Å². The zero-order valence-corrected chi connectivity index (χ0v) is 34.7. The molecule has 2 saturated heterocycles. The van der Waals surface area contributed by atoms with Crippen molar-refractivity contribution < 1.29 is 29.0 Å². The molecule has 2 aromatic carbocycles. The average molecular weight is 796 g/mol. The fraction of sp³-hybridized carbons (Fsp3) is 0.600. The number of carboxylic acid groups (broad SMARTS) is 1. The predicted molar refractivity (Wildman–Crippen MR) is 222 cm³/mol. The number of ether oxygens (including phenoxy) is 2. The lowest BCUT2D eigenvalue weighted by Gasteiger charge is -2.59. The molecule has 3 N–H and O–H groups in total. The highest BCUT2D eigenvalue weighted by molar-refractivity contribution is 5.98. The smallest absolute Gasteiger partial charge is 0.330 e. The largest absolute Gasteiger partial charge is 0.496 e. The average Bonchev–Trinajstić information content (AvgIpc) is 3.67. The van der Waals surface area contributed by atoms with Crippen LogP contribution in [0.25, 0.3) is 16.9 Å². The van der Waals surface area contributed by atoms with Crippen molar-refractivity contribution in [1.29, 1.82) is 0 Å². The Kier molecular flexibility index (Phi) is 11.8. The molecular formula is C45H61N7O6. The number of carbonyl (C=O) groups excluding carboxylic acids is 2. The van der Waals surface area contributed by atoms with Crippen molar-refractivity contribution in [1.82, 2.24) is 35.1 Å². The SMILES string of the molecule is COc1cccc(OC)c1-c1cc(C(=O)NC2(C(=O)O)C3CC4CC(C3)CC2C4)nn1-c1ccc(C(=O)N2CCCN3CCNCCCN(CC3)CC2)cc1C(C)C. The zero-order chi connectivity index (χ0) is 40.6. The van der Waals surface area contributed by atoms with E-state index in [2.05, 4.69) is 34.3 Å². The van der Waals surface area contributed by atoms with Gasteiger partial charge < -0.3 is 39.9 Å². The topological polar surface area (TPSA) is 142 Å². The van der Waals surface area contributed by atoms with Crippen molar-refractivity contribution in [2.24, 2.45) is 23.7 Å². The van der Waals surface area contributed by atoms with Crippen molar-refractivity contribution >= 4 is 17.8 Å². The van der Waals surface area contributed by atoms with Crippen LogP contribution in [0.2, 0.25) is 0 Å². The number of carbonyl (C=O) groups is 3. The van der Waals surface area contributed by atoms with Crippen LogP contribution < -0.4 is 20.1 Å². The Balaban J connectivity index is 1.15. The minimum atomic E-state index is -1.33. The first-order valence-electron chi connectivity index (χ1n) is 21.6. The quantitative estimate of drug-likeness (QED) is 0.267. The molecule has 6 fully saturated rings. The van der Waals surface area contributed by atoms with E-state index in [1.54, 1.807) is 25.0 Å². The van der Waals surface area contributed by atoms with E-state index in [1.165, 1.54) is 6.42 Å². The van der Waals surface area contributed by atoms with Crippen molar-refractivity contribution in [2.45, 2.75) is 70.3 Å². The van der Waals surface area contributed by atoms with E-state index in [-0.39, 0.29) is 29.4 Å². The maximum Gasteiger partial charge on any atom is 0.330 e. The van der Waals surface area contributed by atoms with Crippen LogP contribution in [0.4, 0.5) is 0 Å². The third-order valence-electron chi connectivity index (χ3n) is 13.9. The molecule has 1 aromatic heterocycles. The number of aromatic nitrogens is 2. The number of amides is 2. The molecule has 9 rings (SSSR count). The van der Waals surface area contributed by atoms with E-state index in [9.17, 15) is 19.5 Å². The van der Waals surface area contributed by atoms with Crippen LogP contribution in [0.15, 0.2) is 42.5 Å². The number of nitrogens with zero attached hydrogens (tertiary/aromatic N) is 5. The van der Waals surface area contributed by atoms with E-state index in [4.69, 9.17) is 14.6 Å². The molecule has 2 atom stereocenters. The van der Waals surface area contributed by atoms with Gasteiger partial charge in [-0.1, -0.05) is 19.9 Å². The van der Waals surface area contributed by atoms with Crippen molar-refractivity contribution in [3.05, 3.63) is 59.3 Å². The van der Waals surface area contributed by atoms with Crippen LogP contribution in [0.5, 0.6) is 11.5 Å². The number of carboxylic acids is 1. The highest BCUT2D eigenvalue weighted by Crippen LogP contribution is 2.58. The van der Waals surface area contributed by atoms with E-state index < -0.39 is 17.4 Å². The van der Waals surface area contributed by atoms with Gasteiger partial charge in [-0.05, 0) is 136 Å². The summed E-state index contributed by atoms with van der Waals surface area (Å²) >= 11 is 0. The molecule has 2 aliphatic heterocycles. The van der Waals surface area contributed by atoms with Crippen LogP contribution in [0.3, 0.4) is 0 Å². The lowest BCUT2D eigenvalue weighted by molar-refractivity contribution is -0.163. The second-order valence-electron chi connectivity index (χ2n) is 17.7. The molecule has 2 unspecified atom stereocenters. The van der Waals surface area contributed by atoms with E-state index in [1.807, 2.05) is 41.3 Å². The molecule has 4 saturated carbocycles. The third kappa shape index (κ3) is 7.73. The van der Waals surface area contributed by atoms with Gasteiger partial charge in [0.1, 0.15) is 17.0 Å². The normalized spacial score (nSPS) is 28.6.